The quantitative estimate of drug-likeness (QED) is 0.701. The van der Waals surface area contributed by atoms with Crippen molar-refractivity contribution in [1.29, 1.82) is 0 Å². The van der Waals surface area contributed by atoms with Crippen LogP contribution in [0.5, 0.6) is 5.75 Å². The number of hydrogen-bond donors (Lipinski definition) is 1. The number of hydrogen-bond acceptors (Lipinski definition) is 4. The zero-order chi connectivity index (χ0) is 23.8. The van der Waals surface area contributed by atoms with E-state index in [1.165, 1.54) is 0 Å². The number of carbonyl (C=O) groups excluding carboxylic acids is 3. The van der Waals surface area contributed by atoms with Crippen LogP contribution >= 0.6 is 0 Å². The zero-order valence-electron chi connectivity index (χ0n) is 19.6. The van der Waals surface area contributed by atoms with Crippen molar-refractivity contribution in [1.82, 2.24) is 15.1 Å². The molecule has 0 aromatic heterocycles. The number of ether oxygens (including phenoxy) is 1. The molecule has 1 aliphatic heterocycles. The molecular weight excluding hydrogens is 418 g/mol. The average molecular weight is 452 g/mol. The van der Waals surface area contributed by atoms with E-state index < -0.39 is 6.04 Å². The molecule has 176 valence electrons. The van der Waals surface area contributed by atoms with Gasteiger partial charge in [-0.25, -0.2) is 0 Å². The van der Waals surface area contributed by atoms with Crippen molar-refractivity contribution in [2.75, 3.05) is 33.3 Å². The van der Waals surface area contributed by atoms with Crippen LogP contribution in [-0.2, 0) is 4.79 Å². The van der Waals surface area contributed by atoms with Gasteiger partial charge in [0, 0.05) is 31.7 Å². The maximum Gasteiger partial charge on any atom is 0.257 e. The lowest BCUT2D eigenvalue weighted by Crippen LogP contribution is -2.52. The van der Waals surface area contributed by atoms with Crippen molar-refractivity contribution in [2.45, 2.75) is 32.7 Å². The van der Waals surface area contributed by atoms with Crippen molar-refractivity contribution >= 4 is 17.7 Å². The molecule has 0 spiro atoms. The Morgan fingerprint density at radius 2 is 1.58 bits per heavy atom. The van der Waals surface area contributed by atoms with E-state index in [0.29, 0.717) is 49.5 Å². The van der Waals surface area contributed by atoms with E-state index in [1.54, 1.807) is 53.3 Å². The van der Waals surface area contributed by atoms with Gasteiger partial charge in [0.1, 0.15) is 11.8 Å². The molecule has 2 unspecified atom stereocenters. The number of rotatable bonds is 7. The smallest absolute Gasteiger partial charge is 0.257 e. The summed E-state index contributed by atoms with van der Waals surface area (Å²) >= 11 is 0. The molecule has 2 aromatic rings. The third-order valence-corrected chi connectivity index (χ3v) is 6.23. The van der Waals surface area contributed by atoms with E-state index in [2.05, 4.69) is 5.32 Å². The number of amides is 3. The zero-order valence-corrected chi connectivity index (χ0v) is 19.6. The molecule has 0 saturated carbocycles. The molecule has 2 atom stereocenters. The summed E-state index contributed by atoms with van der Waals surface area (Å²) in [6, 6.07) is 15.5. The summed E-state index contributed by atoms with van der Waals surface area (Å²) in [7, 11) is 1.55. The maximum absolute atomic E-state index is 13.5. The Morgan fingerprint density at radius 3 is 2.27 bits per heavy atom. The van der Waals surface area contributed by atoms with Crippen molar-refractivity contribution in [3.05, 3.63) is 65.7 Å². The van der Waals surface area contributed by atoms with Gasteiger partial charge in [-0.15, -0.1) is 0 Å². The van der Waals surface area contributed by atoms with Crippen molar-refractivity contribution in [2.24, 2.45) is 5.92 Å². The minimum absolute atomic E-state index is 0.0141. The topological polar surface area (TPSA) is 79.0 Å². The highest BCUT2D eigenvalue weighted by atomic mass is 16.5. The Labute approximate surface area is 195 Å². The Balaban J connectivity index is 1.69. The Kier molecular flexibility index (Phi) is 8.46. The lowest BCUT2D eigenvalue weighted by atomic mass is 9.97. The van der Waals surface area contributed by atoms with Gasteiger partial charge >= 0.3 is 0 Å². The lowest BCUT2D eigenvalue weighted by molar-refractivity contribution is -0.134. The van der Waals surface area contributed by atoms with Crippen molar-refractivity contribution < 1.29 is 19.1 Å². The summed E-state index contributed by atoms with van der Waals surface area (Å²) in [5.41, 5.74) is 1.05. The molecule has 7 nitrogen and oxygen atoms in total. The summed E-state index contributed by atoms with van der Waals surface area (Å²) in [6.07, 6.45) is 1.43. The van der Waals surface area contributed by atoms with Gasteiger partial charge in [0.15, 0.2) is 0 Å². The van der Waals surface area contributed by atoms with Crippen LogP contribution in [0.15, 0.2) is 54.6 Å². The number of nitrogens with zero attached hydrogens (tertiary/aromatic N) is 2. The summed E-state index contributed by atoms with van der Waals surface area (Å²) in [5, 5.41) is 2.95. The predicted octanol–water partition coefficient (Wildman–Crippen LogP) is 3.21. The van der Waals surface area contributed by atoms with Crippen LogP contribution in [0, 0.1) is 5.92 Å². The molecule has 2 aromatic carbocycles. The molecule has 0 aliphatic carbocycles. The van der Waals surface area contributed by atoms with Crippen LogP contribution < -0.4 is 10.1 Å². The molecule has 7 heteroatoms. The van der Waals surface area contributed by atoms with Gasteiger partial charge in [-0.05, 0) is 36.6 Å². The standard InChI is InChI=1S/C26H33N3O4/c1-4-19(2)23(27-24(30)20-11-6-5-7-12-20)26(32)29-16-10-15-28(17-18-29)25(31)21-13-8-9-14-22(21)33-3/h5-9,11-14,19,23H,4,10,15-18H2,1-3H3,(H,27,30). The highest BCUT2D eigenvalue weighted by molar-refractivity contribution is 5.98. The highest BCUT2D eigenvalue weighted by Crippen LogP contribution is 2.21. The summed E-state index contributed by atoms with van der Waals surface area (Å²) < 4.78 is 5.34. The summed E-state index contributed by atoms with van der Waals surface area (Å²) in [6.45, 7) is 5.95. The average Bonchev–Trinajstić information content (AvgIpc) is 3.12. The molecule has 3 rings (SSSR count). The fraction of sp³-hybridized carbons (Fsp3) is 0.423. The molecule has 1 aliphatic rings. The van der Waals surface area contributed by atoms with Crippen LogP contribution in [0.2, 0.25) is 0 Å². The number of benzene rings is 2. The van der Waals surface area contributed by atoms with E-state index in [0.717, 1.165) is 6.42 Å². The van der Waals surface area contributed by atoms with Gasteiger partial charge in [-0.1, -0.05) is 50.6 Å². The third kappa shape index (κ3) is 5.92. The summed E-state index contributed by atoms with van der Waals surface area (Å²) in [4.78, 5) is 42.8. The number of methoxy groups -OCH3 is 1. The molecule has 3 amide bonds. The predicted molar refractivity (Wildman–Crippen MR) is 127 cm³/mol. The largest absolute Gasteiger partial charge is 0.496 e. The normalized spacial score (nSPS) is 15.8. The van der Waals surface area contributed by atoms with Gasteiger partial charge < -0.3 is 19.9 Å². The first kappa shape index (κ1) is 24.3. The third-order valence-electron chi connectivity index (χ3n) is 6.23. The van der Waals surface area contributed by atoms with Gasteiger partial charge in [-0.2, -0.15) is 0 Å². The van der Waals surface area contributed by atoms with Gasteiger partial charge in [-0.3, -0.25) is 14.4 Å². The molecule has 1 saturated heterocycles. The van der Waals surface area contributed by atoms with Crippen LogP contribution in [-0.4, -0.2) is 66.9 Å². The molecule has 1 N–H and O–H groups in total. The second kappa shape index (κ2) is 11.5. The fourth-order valence-corrected chi connectivity index (χ4v) is 4.03. The molecular formula is C26H33N3O4. The van der Waals surface area contributed by atoms with Crippen molar-refractivity contribution in [3.63, 3.8) is 0 Å². The number of para-hydroxylation sites is 1. The Hall–Kier alpha value is -3.35. The second-order valence-electron chi connectivity index (χ2n) is 8.37. The first-order chi connectivity index (χ1) is 16.0. The SMILES string of the molecule is CCC(C)C(NC(=O)c1ccccc1)C(=O)N1CCCN(C(=O)c2ccccc2OC)CC1. The van der Waals surface area contributed by atoms with Crippen LogP contribution in [0.3, 0.4) is 0 Å². The van der Waals surface area contributed by atoms with Gasteiger partial charge in [0.25, 0.3) is 11.8 Å². The van der Waals surface area contributed by atoms with Crippen molar-refractivity contribution in [3.8, 4) is 5.75 Å². The van der Waals surface area contributed by atoms with E-state index in [1.807, 2.05) is 32.0 Å². The fourth-order valence-electron chi connectivity index (χ4n) is 4.03. The van der Waals surface area contributed by atoms with Crippen LogP contribution in [0.1, 0.15) is 47.4 Å². The molecule has 0 bridgehead atoms. The first-order valence-electron chi connectivity index (χ1n) is 11.5. The minimum Gasteiger partial charge on any atom is -0.496 e. The maximum atomic E-state index is 13.5. The lowest BCUT2D eigenvalue weighted by Gasteiger charge is -2.30. The summed E-state index contributed by atoms with van der Waals surface area (Å²) in [5.74, 6) is 0.0785. The molecule has 33 heavy (non-hydrogen) atoms. The number of nitrogens with one attached hydrogen (secondary N) is 1. The highest BCUT2D eigenvalue weighted by Gasteiger charge is 2.32. The Morgan fingerprint density at radius 1 is 0.939 bits per heavy atom. The van der Waals surface area contributed by atoms with E-state index in [9.17, 15) is 14.4 Å². The number of carbonyl (C=O) groups is 3. The Bertz CT molecular complexity index is 963. The van der Waals surface area contributed by atoms with Crippen LogP contribution in [0.25, 0.3) is 0 Å². The molecule has 1 heterocycles. The molecule has 1 fully saturated rings. The van der Waals surface area contributed by atoms with E-state index >= 15 is 0 Å². The van der Waals surface area contributed by atoms with E-state index in [-0.39, 0.29) is 23.6 Å². The monoisotopic (exact) mass is 451 g/mol. The second-order valence-corrected chi connectivity index (χ2v) is 8.37. The van der Waals surface area contributed by atoms with Gasteiger partial charge in [0.05, 0.1) is 12.7 Å². The van der Waals surface area contributed by atoms with Gasteiger partial charge in [0.2, 0.25) is 5.91 Å². The van der Waals surface area contributed by atoms with Crippen LogP contribution in [0.4, 0.5) is 0 Å². The first-order valence-corrected chi connectivity index (χ1v) is 11.5. The molecule has 0 radical (unpaired) electrons. The minimum atomic E-state index is -0.612. The van der Waals surface area contributed by atoms with E-state index in [4.69, 9.17) is 4.74 Å².